The average molecular weight is 301 g/mol. The van der Waals surface area contributed by atoms with Crippen molar-refractivity contribution in [2.75, 3.05) is 18.0 Å². The van der Waals surface area contributed by atoms with Gasteiger partial charge in [0.25, 0.3) is 0 Å². The molecule has 0 aliphatic carbocycles. The van der Waals surface area contributed by atoms with E-state index in [1.807, 2.05) is 12.1 Å². The van der Waals surface area contributed by atoms with Crippen LogP contribution in [0.1, 0.15) is 52.1 Å². The molecule has 3 N–H and O–H groups in total. The number of aromatic hydroxyl groups is 1. The van der Waals surface area contributed by atoms with Crippen LogP contribution in [0, 0.1) is 5.92 Å². The summed E-state index contributed by atoms with van der Waals surface area (Å²) in [6.07, 6.45) is 1.99. The molecule has 3 nitrogen and oxygen atoms in total. The third-order valence-electron chi connectivity index (χ3n) is 3.60. The number of hydrogen-bond acceptors (Lipinski definition) is 3. The molecule has 0 bridgehead atoms. The summed E-state index contributed by atoms with van der Waals surface area (Å²) >= 11 is 0. The van der Waals surface area contributed by atoms with Crippen LogP contribution in [-0.2, 0) is 0 Å². The number of phenols is 1. The smallest absolute Gasteiger partial charge is 0.122 e. The second-order valence-corrected chi connectivity index (χ2v) is 5.49. The van der Waals surface area contributed by atoms with E-state index in [0.717, 1.165) is 37.2 Å². The van der Waals surface area contributed by atoms with Gasteiger partial charge < -0.3 is 15.7 Å². The van der Waals surface area contributed by atoms with Gasteiger partial charge in [-0.1, -0.05) is 19.9 Å². The maximum Gasteiger partial charge on any atom is 0.122 e. The summed E-state index contributed by atoms with van der Waals surface area (Å²) in [5, 5.41) is 10.2. The lowest BCUT2D eigenvalue weighted by atomic mass is 9.97. The Kier molecular flexibility index (Phi) is 8.67. The van der Waals surface area contributed by atoms with E-state index in [-0.39, 0.29) is 18.4 Å². The first kappa shape index (κ1) is 19.1. The summed E-state index contributed by atoms with van der Waals surface area (Å²) < 4.78 is 0. The van der Waals surface area contributed by atoms with Crippen LogP contribution in [0.15, 0.2) is 18.2 Å². The molecular weight excluding hydrogens is 272 g/mol. The van der Waals surface area contributed by atoms with Crippen LogP contribution < -0.4 is 10.6 Å². The van der Waals surface area contributed by atoms with E-state index in [0.29, 0.717) is 11.7 Å². The number of nitrogens with zero attached hydrogens (tertiary/aromatic N) is 1. The summed E-state index contributed by atoms with van der Waals surface area (Å²) in [6.45, 7) is 10.5. The largest absolute Gasteiger partial charge is 0.508 e. The quantitative estimate of drug-likeness (QED) is 0.797. The molecule has 1 atom stereocenters. The highest BCUT2D eigenvalue weighted by Crippen LogP contribution is 2.30. The molecule has 1 aromatic rings. The number of halogens is 1. The summed E-state index contributed by atoms with van der Waals surface area (Å²) in [5.41, 5.74) is 8.08. The van der Waals surface area contributed by atoms with Crippen LogP contribution in [0.4, 0.5) is 5.69 Å². The number of phenolic OH excluding ortho intramolecular Hbond substituents is 1. The monoisotopic (exact) mass is 300 g/mol. The second-order valence-electron chi connectivity index (χ2n) is 5.49. The first-order valence-electron chi connectivity index (χ1n) is 7.33. The Morgan fingerprint density at radius 3 is 2.20 bits per heavy atom. The molecule has 0 radical (unpaired) electrons. The van der Waals surface area contributed by atoms with Crippen molar-refractivity contribution in [3.63, 3.8) is 0 Å². The summed E-state index contributed by atoms with van der Waals surface area (Å²) in [6, 6.07) is 5.77. The van der Waals surface area contributed by atoms with Crippen LogP contribution in [0.5, 0.6) is 5.75 Å². The van der Waals surface area contributed by atoms with Crippen molar-refractivity contribution in [3.05, 3.63) is 23.8 Å². The van der Waals surface area contributed by atoms with Crippen molar-refractivity contribution in [3.8, 4) is 5.75 Å². The van der Waals surface area contributed by atoms with Gasteiger partial charge in [0.2, 0.25) is 0 Å². The van der Waals surface area contributed by atoms with E-state index in [9.17, 15) is 5.11 Å². The van der Waals surface area contributed by atoms with Crippen molar-refractivity contribution in [1.29, 1.82) is 0 Å². The predicted molar refractivity (Wildman–Crippen MR) is 89.9 cm³/mol. The number of hydrogen-bond donors (Lipinski definition) is 2. The molecule has 0 heterocycles. The summed E-state index contributed by atoms with van der Waals surface area (Å²) in [5.74, 6) is 0.962. The normalized spacial score (nSPS) is 12.1. The van der Waals surface area contributed by atoms with E-state index in [1.165, 1.54) is 0 Å². The number of rotatable bonds is 7. The molecule has 0 aromatic heterocycles. The maximum atomic E-state index is 10.2. The third kappa shape index (κ3) is 5.22. The zero-order chi connectivity index (χ0) is 14.4. The van der Waals surface area contributed by atoms with Gasteiger partial charge in [-0.25, -0.2) is 0 Å². The van der Waals surface area contributed by atoms with E-state index in [1.54, 1.807) is 0 Å². The Labute approximate surface area is 129 Å². The van der Waals surface area contributed by atoms with Crippen LogP contribution in [0.25, 0.3) is 0 Å². The van der Waals surface area contributed by atoms with Crippen LogP contribution in [0.2, 0.25) is 0 Å². The molecule has 0 aliphatic rings. The van der Waals surface area contributed by atoms with E-state index >= 15 is 0 Å². The highest BCUT2D eigenvalue weighted by molar-refractivity contribution is 5.85. The molecule has 1 rings (SSSR count). The zero-order valence-corrected chi connectivity index (χ0v) is 13.9. The molecule has 0 saturated carbocycles. The van der Waals surface area contributed by atoms with E-state index in [4.69, 9.17) is 5.73 Å². The van der Waals surface area contributed by atoms with Gasteiger partial charge in [0.1, 0.15) is 5.75 Å². The topological polar surface area (TPSA) is 49.5 Å². The van der Waals surface area contributed by atoms with Gasteiger partial charge in [-0.2, -0.15) is 0 Å². The first-order valence-corrected chi connectivity index (χ1v) is 7.33. The van der Waals surface area contributed by atoms with Gasteiger partial charge in [-0.15, -0.1) is 12.4 Å². The standard InChI is InChI=1S/C16H28N2O.ClH/c1-5-18(6-2)13-8-9-14(16(19)11-13)15(17)10-7-12(3)4;/h8-9,11-12,15,19H,5-7,10,17H2,1-4H3;1H/t15-;/m1./s1. The minimum atomic E-state index is -0.0758. The van der Waals surface area contributed by atoms with Gasteiger partial charge >= 0.3 is 0 Å². The lowest BCUT2D eigenvalue weighted by Crippen LogP contribution is -2.21. The van der Waals surface area contributed by atoms with Crippen LogP contribution >= 0.6 is 12.4 Å². The van der Waals surface area contributed by atoms with Crippen LogP contribution in [-0.4, -0.2) is 18.2 Å². The van der Waals surface area contributed by atoms with Gasteiger partial charge in [-0.3, -0.25) is 0 Å². The molecule has 4 heteroatoms. The molecule has 0 fully saturated rings. The molecule has 116 valence electrons. The van der Waals surface area contributed by atoms with Crippen molar-refractivity contribution in [2.45, 2.75) is 46.6 Å². The number of benzene rings is 1. The maximum absolute atomic E-state index is 10.2. The van der Waals surface area contributed by atoms with Gasteiger partial charge in [0, 0.05) is 36.4 Å². The lowest BCUT2D eigenvalue weighted by molar-refractivity contribution is 0.448. The van der Waals surface area contributed by atoms with Crippen molar-refractivity contribution < 1.29 is 5.11 Å². The Hall–Kier alpha value is -0.930. The minimum absolute atomic E-state index is 0. The third-order valence-corrected chi connectivity index (χ3v) is 3.60. The molecule has 0 amide bonds. The average Bonchev–Trinajstić information content (AvgIpc) is 2.37. The fraction of sp³-hybridized carbons (Fsp3) is 0.625. The molecule has 0 aliphatic heterocycles. The highest BCUT2D eigenvalue weighted by atomic mass is 35.5. The van der Waals surface area contributed by atoms with Gasteiger partial charge in [-0.05, 0) is 38.7 Å². The summed E-state index contributed by atoms with van der Waals surface area (Å²) in [4.78, 5) is 2.21. The molecule has 0 saturated heterocycles. The van der Waals surface area contributed by atoms with Crippen LogP contribution in [0.3, 0.4) is 0 Å². The van der Waals surface area contributed by atoms with Gasteiger partial charge in [0.15, 0.2) is 0 Å². The number of nitrogens with two attached hydrogens (primary N) is 1. The lowest BCUT2D eigenvalue weighted by Gasteiger charge is -2.23. The van der Waals surface area contributed by atoms with Crippen molar-refractivity contribution in [1.82, 2.24) is 0 Å². The fourth-order valence-electron chi connectivity index (χ4n) is 2.30. The Balaban J connectivity index is 0.00000361. The predicted octanol–water partition coefficient (Wildman–Crippen LogP) is 4.10. The first-order chi connectivity index (χ1) is 8.99. The summed E-state index contributed by atoms with van der Waals surface area (Å²) in [7, 11) is 0. The highest BCUT2D eigenvalue weighted by Gasteiger charge is 2.13. The minimum Gasteiger partial charge on any atom is -0.508 e. The van der Waals surface area contributed by atoms with Crippen molar-refractivity contribution in [2.24, 2.45) is 11.7 Å². The Morgan fingerprint density at radius 2 is 1.75 bits per heavy atom. The SMILES string of the molecule is CCN(CC)c1ccc([C@H](N)CCC(C)C)c(O)c1.Cl. The number of anilines is 1. The van der Waals surface area contributed by atoms with Crippen molar-refractivity contribution >= 4 is 18.1 Å². The second kappa shape index (κ2) is 9.09. The van der Waals surface area contributed by atoms with E-state index in [2.05, 4.69) is 38.7 Å². The molecule has 1 aromatic carbocycles. The zero-order valence-electron chi connectivity index (χ0n) is 13.1. The fourth-order valence-corrected chi connectivity index (χ4v) is 2.30. The van der Waals surface area contributed by atoms with Gasteiger partial charge in [0.05, 0.1) is 0 Å². The Morgan fingerprint density at radius 1 is 1.15 bits per heavy atom. The molecular formula is C16H29ClN2O. The Bertz CT molecular complexity index is 392. The molecule has 0 unspecified atom stereocenters. The molecule has 0 spiro atoms. The van der Waals surface area contributed by atoms with E-state index < -0.39 is 0 Å². The molecule has 20 heavy (non-hydrogen) atoms.